The fraction of sp³-hybridized carbons (Fsp3) is 0.360. The van der Waals surface area contributed by atoms with Crippen LogP contribution in [-0.2, 0) is 16.8 Å². The summed E-state index contributed by atoms with van der Waals surface area (Å²) in [6, 6.07) is 11.8. The number of carbonyl (C=O) groups excluding carboxylic acids is 1. The molecule has 1 atom stereocenters. The first kappa shape index (κ1) is 25.9. The van der Waals surface area contributed by atoms with Gasteiger partial charge in [0.15, 0.2) is 5.82 Å². The molecule has 0 unspecified atom stereocenters. The molecule has 9 nitrogen and oxygen atoms in total. The largest absolute Gasteiger partial charge is 0.440 e. The fourth-order valence-corrected chi connectivity index (χ4v) is 5.29. The summed E-state index contributed by atoms with van der Waals surface area (Å²) in [5, 5.41) is 14.0. The van der Waals surface area contributed by atoms with E-state index in [-0.39, 0.29) is 25.7 Å². The average molecular weight is 526 g/mol. The Morgan fingerprint density at radius 1 is 1.22 bits per heavy atom. The lowest BCUT2D eigenvalue weighted by atomic mass is 10.0. The van der Waals surface area contributed by atoms with Gasteiger partial charge in [-0.15, -0.1) is 11.3 Å². The van der Waals surface area contributed by atoms with Crippen LogP contribution < -0.4 is 5.32 Å². The van der Waals surface area contributed by atoms with Crippen LogP contribution in [0.4, 0.5) is 16.4 Å². The summed E-state index contributed by atoms with van der Waals surface area (Å²) in [5.41, 5.74) is 2.16. The highest BCUT2D eigenvalue weighted by Crippen LogP contribution is 2.42. The monoisotopic (exact) mass is 525 g/mol. The molecule has 36 heavy (non-hydrogen) atoms. The number of hydrogen-bond donors (Lipinski definition) is 2. The van der Waals surface area contributed by atoms with Crippen LogP contribution in [-0.4, -0.2) is 56.7 Å². The van der Waals surface area contributed by atoms with Gasteiger partial charge in [0.1, 0.15) is 22.6 Å². The van der Waals surface area contributed by atoms with Crippen molar-refractivity contribution in [3.63, 3.8) is 0 Å². The molecule has 0 spiro atoms. The second kappa shape index (κ2) is 10.1. The lowest BCUT2D eigenvalue weighted by Gasteiger charge is -2.33. The first-order valence-corrected chi connectivity index (χ1v) is 12.4. The van der Waals surface area contributed by atoms with E-state index in [9.17, 15) is 4.79 Å². The van der Waals surface area contributed by atoms with E-state index in [4.69, 9.17) is 4.74 Å². The predicted octanol–water partition coefficient (Wildman–Crippen LogP) is 5.07. The standard InChI is InChI=1S/C25H29N7O2S.H2S/c1-15-26-21(17-11-12-35-23(17)27-15)28-22-18-13-32(25(2,3)20(18)29-30-22)24(33)34-19(14-31(4)5)16-9-7-6-8-10-16;/h6-12,19H,13-14H2,1-5H3,(H2,26,27,28,29,30);1H2/t19-;/m1./s1. The fourth-order valence-electron chi connectivity index (χ4n) is 4.48. The molecule has 0 radical (unpaired) electrons. The maximum atomic E-state index is 13.5. The van der Waals surface area contributed by atoms with Crippen molar-refractivity contribution in [3.8, 4) is 0 Å². The van der Waals surface area contributed by atoms with Crippen molar-refractivity contribution in [2.75, 3.05) is 26.0 Å². The maximum Gasteiger partial charge on any atom is 0.411 e. The van der Waals surface area contributed by atoms with E-state index >= 15 is 0 Å². The number of aromatic nitrogens is 4. The molecule has 0 fully saturated rings. The number of benzene rings is 1. The molecule has 190 valence electrons. The molecule has 4 aromatic rings. The Morgan fingerprint density at radius 2 is 1.97 bits per heavy atom. The number of anilines is 2. The van der Waals surface area contributed by atoms with Gasteiger partial charge in [0.05, 0.1) is 23.2 Å². The lowest BCUT2D eigenvalue weighted by molar-refractivity contribution is 0.0259. The van der Waals surface area contributed by atoms with Crippen molar-refractivity contribution >= 4 is 52.8 Å². The van der Waals surface area contributed by atoms with Gasteiger partial charge < -0.3 is 15.0 Å². The summed E-state index contributed by atoms with van der Waals surface area (Å²) < 4.78 is 6.06. The molecule has 0 saturated heterocycles. The maximum absolute atomic E-state index is 13.5. The lowest BCUT2D eigenvalue weighted by Crippen LogP contribution is -2.42. The van der Waals surface area contributed by atoms with Crippen molar-refractivity contribution in [2.24, 2.45) is 0 Å². The molecule has 2 N–H and O–H groups in total. The number of H-pyrrole nitrogens is 1. The molecule has 5 rings (SSSR count). The quantitative estimate of drug-likeness (QED) is 0.363. The zero-order valence-corrected chi connectivity index (χ0v) is 22.8. The minimum absolute atomic E-state index is 0. The number of aromatic amines is 1. The zero-order chi connectivity index (χ0) is 24.7. The van der Waals surface area contributed by atoms with Gasteiger partial charge in [0.2, 0.25) is 0 Å². The topological polar surface area (TPSA) is 99.3 Å². The molecule has 0 bridgehead atoms. The van der Waals surface area contributed by atoms with E-state index in [0.29, 0.717) is 30.5 Å². The van der Waals surface area contributed by atoms with Crippen LogP contribution in [0.5, 0.6) is 0 Å². The molecular formula is C25H31N7O2S2. The minimum Gasteiger partial charge on any atom is -0.440 e. The minimum atomic E-state index is -0.613. The molecule has 0 saturated carbocycles. The van der Waals surface area contributed by atoms with Crippen LogP contribution >= 0.6 is 24.8 Å². The molecule has 4 heterocycles. The van der Waals surface area contributed by atoms with Gasteiger partial charge in [0.25, 0.3) is 0 Å². The van der Waals surface area contributed by atoms with E-state index in [1.165, 1.54) is 0 Å². The van der Waals surface area contributed by atoms with Crippen LogP contribution in [0, 0.1) is 6.92 Å². The number of nitrogens with one attached hydrogen (secondary N) is 2. The van der Waals surface area contributed by atoms with Gasteiger partial charge in [-0.1, -0.05) is 30.3 Å². The van der Waals surface area contributed by atoms with Crippen molar-refractivity contribution in [3.05, 3.63) is 64.4 Å². The summed E-state index contributed by atoms with van der Waals surface area (Å²) in [5.74, 6) is 2.05. The summed E-state index contributed by atoms with van der Waals surface area (Å²) >= 11 is 1.57. The molecule has 1 aliphatic rings. The number of ether oxygens (including phenoxy) is 1. The molecule has 0 aliphatic carbocycles. The second-order valence-corrected chi connectivity index (χ2v) is 10.4. The third-order valence-electron chi connectivity index (χ3n) is 6.31. The van der Waals surface area contributed by atoms with Gasteiger partial charge in [-0.05, 0) is 51.9 Å². The summed E-state index contributed by atoms with van der Waals surface area (Å²) in [6.45, 7) is 6.83. The van der Waals surface area contributed by atoms with Crippen molar-refractivity contribution < 1.29 is 9.53 Å². The summed E-state index contributed by atoms with van der Waals surface area (Å²) in [6.07, 6.45) is -0.737. The third-order valence-corrected chi connectivity index (χ3v) is 7.12. The van der Waals surface area contributed by atoms with E-state index < -0.39 is 5.54 Å². The molecule has 1 aromatic carbocycles. The average Bonchev–Trinajstić information content (AvgIpc) is 3.50. The Morgan fingerprint density at radius 3 is 2.69 bits per heavy atom. The van der Waals surface area contributed by atoms with Crippen molar-refractivity contribution in [1.29, 1.82) is 0 Å². The smallest absolute Gasteiger partial charge is 0.411 e. The number of aryl methyl sites for hydroxylation is 1. The van der Waals surface area contributed by atoms with Gasteiger partial charge in [-0.25, -0.2) is 14.8 Å². The molecule has 1 amide bonds. The number of thiophene rings is 1. The highest BCUT2D eigenvalue weighted by molar-refractivity contribution is 7.59. The van der Waals surface area contributed by atoms with Gasteiger partial charge >= 0.3 is 6.09 Å². The highest BCUT2D eigenvalue weighted by Gasteiger charge is 2.45. The van der Waals surface area contributed by atoms with E-state index in [0.717, 1.165) is 27.0 Å². The van der Waals surface area contributed by atoms with Gasteiger partial charge in [-0.3, -0.25) is 10.00 Å². The Bertz CT molecular complexity index is 1370. The first-order valence-electron chi connectivity index (χ1n) is 11.5. The summed E-state index contributed by atoms with van der Waals surface area (Å²) in [7, 11) is 3.94. The van der Waals surface area contributed by atoms with Crippen molar-refractivity contribution in [1.82, 2.24) is 30.0 Å². The van der Waals surface area contributed by atoms with Crippen molar-refractivity contribution in [2.45, 2.75) is 39.0 Å². The van der Waals surface area contributed by atoms with Gasteiger partial charge in [-0.2, -0.15) is 18.6 Å². The van der Waals surface area contributed by atoms with Crippen LogP contribution in [0.1, 0.15) is 42.6 Å². The SMILES string of the molecule is Cc1nc(Nc2n[nH]c3c2CN(C(=O)O[C@H](CN(C)C)c2ccccc2)C3(C)C)c2ccsc2n1.S. The van der Waals surface area contributed by atoms with Crippen LogP contribution in [0.2, 0.25) is 0 Å². The van der Waals surface area contributed by atoms with E-state index in [2.05, 4.69) is 25.5 Å². The number of hydrogen-bond acceptors (Lipinski definition) is 8. The Hall–Kier alpha value is -3.15. The van der Waals surface area contributed by atoms with Gasteiger partial charge in [0, 0.05) is 12.1 Å². The number of nitrogens with zero attached hydrogens (tertiary/aromatic N) is 5. The van der Waals surface area contributed by atoms with Crippen LogP contribution in [0.3, 0.4) is 0 Å². The number of rotatable bonds is 6. The Labute approximate surface area is 221 Å². The Balaban J connectivity index is 0.00000304. The predicted molar refractivity (Wildman–Crippen MR) is 147 cm³/mol. The zero-order valence-electron chi connectivity index (χ0n) is 21.0. The van der Waals surface area contributed by atoms with E-state index in [1.807, 2.05) is 81.5 Å². The van der Waals surface area contributed by atoms with Crippen LogP contribution in [0.15, 0.2) is 41.8 Å². The normalized spacial score (nSPS) is 15.0. The van der Waals surface area contributed by atoms with Crippen LogP contribution in [0.25, 0.3) is 10.2 Å². The van der Waals surface area contributed by atoms with E-state index in [1.54, 1.807) is 16.2 Å². The summed E-state index contributed by atoms with van der Waals surface area (Å²) in [4.78, 5) is 27.2. The molecular weight excluding hydrogens is 494 g/mol. The first-order chi connectivity index (χ1) is 16.7. The number of likely N-dealkylation sites (N-methyl/N-ethyl adjacent to an activating group) is 1. The number of carbonyl (C=O) groups is 1. The third kappa shape index (κ3) is 4.78. The second-order valence-electron chi connectivity index (χ2n) is 9.50. The molecule has 3 aromatic heterocycles. The number of fused-ring (bicyclic) bond motifs is 2. The highest BCUT2D eigenvalue weighted by atomic mass is 32.1. The molecule has 1 aliphatic heterocycles. The molecule has 11 heteroatoms. The number of amides is 1. The Kier molecular flexibility index (Phi) is 7.26.